The van der Waals surface area contributed by atoms with Gasteiger partial charge in [-0.05, 0) is 46.9 Å². The van der Waals surface area contributed by atoms with Crippen LogP contribution in [0.5, 0.6) is 0 Å². The fraction of sp³-hybridized carbons (Fsp3) is 0.400. The average Bonchev–Trinajstić information content (AvgIpc) is 2.61. The molecule has 0 aliphatic heterocycles. The van der Waals surface area contributed by atoms with Gasteiger partial charge in [-0.3, -0.25) is 0 Å². The van der Waals surface area contributed by atoms with Gasteiger partial charge in [-0.1, -0.05) is 58.0 Å². The maximum absolute atomic E-state index is 2.49. The van der Waals surface area contributed by atoms with Gasteiger partial charge in [-0.2, -0.15) is 4.57 Å². The van der Waals surface area contributed by atoms with Crippen molar-refractivity contribution in [3.63, 3.8) is 0 Å². The summed E-state index contributed by atoms with van der Waals surface area (Å²) in [5, 5.41) is 2.84. The summed E-state index contributed by atoms with van der Waals surface area (Å²) in [5.74, 6) is 0.586. The second-order valence-electron chi connectivity index (χ2n) is 8.66. The van der Waals surface area contributed by atoms with Crippen LogP contribution in [0.15, 0.2) is 36.4 Å². The van der Waals surface area contributed by atoms with Gasteiger partial charge >= 0.3 is 0 Å². The van der Waals surface area contributed by atoms with Crippen LogP contribution in [0.4, 0.5) is 0 Å². The van der Waals surface area contributed by atoms with Crippen LogP contribution in [0.1, 0.15) is 68.0 Å². The van der Waals surface area contributed by atoms with Gasteiger partial charge in [0.1, 0.15) is 7.05 Å². The number of benzene rings is 2. The first kappa shape index (κ1) is 17.3. The Balaban J connectivity index is 2.25. The van der Waals surface area contributed by atoms with Crippen molar-refractivity contribution in [2.75, 3.05) is 0 Å². The highest BCUT2D eigenvalue weighted by Crippen LogP contribution is 2.49. The van der Waals surface area contributed by atoms with Crippen LogP contribution in [0, 0.1) is 13.8 Å². The van der Waals surface area contributed by atoms with Crippen molar-refractivity contribution in [3.05, 3.63) is 64.3 Å². The Hall–Kier alpha value is -2.15. The van der Waals surface area contributed by atoms with Crippen LogP contribution < -0.4 is 4.57 Å². The van der Waals surface area contributed by atoms with E-state index in [4.69, 9.17) is 0 Å². The molecule has 1 aliphatic carbocycles. The molecule has 2 aromatic carbocycles. The number of fused-ring (bicyclic) bond motifs is 2. The molecule has 1 heterocycles. The van der Waals surface area contributed by atoms with E-state index in [9.17, 15) is 0 Å². The third kappa shape index (κ3) is 2.19. The predicted molar refractivity (Wildman–Crippen MR) is 111 cm³/mol. The first-order chi connectivity index (χ1) is 12.3. The van der Waals surface area contributed by atoms with Crippen LogP contribution in [0.3, 0.4) is 0 Å². The van der Waals surface area contributed by atoms with Gasteiger partial charge in [-0.15, -0.1) is 0 Å². The molecule has 1 aliphatic rings. The predicted octanol–water partition coefficient (Wildman–Crippen LogP) is 6.10. The minimum absolute atomic E-state index is 0.0122. The number of aryl methyl sites for hydroxylation is 2. The largest absolute Gasteiger partial charge is 0.221 e. The Bertz CT molecular complexity index is 1040. The van der Waals surface area contributed by atoms with Crippen molar-refractivity contribution >= 4 is 10.8 Å². The topological polar surface area (TPSA) is 3.88 Å². The van der Waals surface area contributed by atoms with Crippen molar-refractivity contribution in [1.82, 2.24) is 0 Å². The maximum atomic E-state index is 2.49. The Morgan fingerprint density at radius 2 is 1.77 bits per heavy atom. The summed E-state index contributed by atoms with van der Waals surface area (Å²) in [6.07, 6.45) is 1.17. The summed E-state index contributed by atoms with van der Waals surface area (Å²) in [5.41, 5.74) is 9.92. The van der Waals surface area contributed by atoms with Crippen LogP contribution >= 0.6 is 0 Å². The van der Waals surface area contributed by atoms with Gasteiger partial charge in [0.25, 0.3) is 0 Å². The summed E-state index contributed by atoms with van der Waals surface area (Å²) in [6, 6.07) is 14.1. The summed E-state index contributed by atoms with van der Waals surface area (Å²) in [7, 11) is 2.21. The van der Waals surface area contributed by atoms with Crippen LogP contribution in [0.25, 0.3) is 22.0 Å². The van der Waals surface area contributed by atoms with E-state index in [2.05, 4.69) is 89.6 Å². The van der Waals surface area contributed by atoms with Gasteiger partial charge in [0, 0.05) is 18.4 Å². The first-order valence-electron chi connectivity index (χ1n) is 9.85. The molecule has 1 atom stereocenters. The Morgan fingerprint density at radius 1 is 1.04 bits per heavy atom. The van der Waals surface area contributed by atoms with E-state index in [0.29, 0.717) is 5.92 Å². The zero-order chi connectivity index (χ0) is 18.8. The standard InChI is InChI=1S/C25H30N/c1-8-15(2)18-13-19-12-17(4)26(7)24-22-16(3)10-9-11-20(22)25(5,6)21(14-18)23(19)24/h9-15H,8H2,1-7H3/q+1. The first-order valence-corrected chi connectivity index (χ1v) is 9.85. The highest BCUT2D eigenvalue weighted by Gasteiger charge is 2.39. The van der Waals surface area contributed by atoms with E-state index in [1.54, 1.807) is 0 Å². The van der Waals surface area contributed by atoms with E-state index in [1.165, 1.54) is 56.4 Å². The molecule has 1 nitrogen and oxygen atoms in total. The third-order valence-corrected chi connectivity index (χ3v) is 6.69. The van der Waals surface area contributed by atoms with Crippen molar-refractivity contribution in [2.24, 2.45) is 7.05 Å². The van der Waals surface area contributed by atoms with E-state index >= 15 is 0 Å². The van der Waals surface area contributed by atoms with Gasteiger partial charge < -0.3 is 0 Å². The summed E-state index contributed by atoms with van der Waals surface area (Å²) < 4.78 is 2.38. The van der Waals surface area contributed by atoms with Gasteiger partial charge in [-0.25, -0.2) is 0 Å². The van der Waals surface area contributed by atoms with E-state index in [-0.39, 0.29) is 5.41 Å². The fourth-order valence-corrected chi connectivity index (χ4v) is 4.69. The molecule has 0 fully saturated rings. The second kappa shape index (κ2) is 5.67. The lowest BCUT2D eigenvalue weighted by atomic mass is 9.68. The van der Waals surface area contributed by atoms with E-state index in [1.807, 2.05) is 0 Å². The van der Waals surface area contributed by atoms with Gasteiger partial charge in [0.15, 0.2) is 5.69 Å². The molecule has 4 rings (SSSR count). The number of rotatable bonds is 2. The molecular formula is C25H30N+. The molecule has 0 spiro atoms. The average molecular weight is 345 g/mol. The number of hydrogen-bond acceptors (Lipinski definition) is 0. The molecule has 3 aromatic rings. The molecule has 0 saturated carbocycles. The quantitative estimate of drug-likeness (QED) is 0.494. The molecule has 134 valence electrons. The normalized spacial score (nSPS) is 15.8. The molecule has 0 saturated heterocycles. The lowest BCUT2D eigenvalue weighted by Crippen LogP contribution is -2.38. The smallest absolute Gasteiger partial charge is 0.198 e. The Labute approximate surface area is 157 Å². The van der Waals surface area contributed by atoms with E-state index in [0.717, 1.165) is 0 Å². The van der Waals surface area contributed by atoms with Crippen LogP contribution in [-0.4, -0.2) is 0 Å². The monoisotopic (exact) mass is 344 g/mol. The van der Waals surface area contributed by atoms with Crippen molar-refractivity contribution in [3.8, 4) is 11.3 Å². The molecule has 0 N–H and O–H groups in total. The number of pyridine rings is 1. The Morgan fingerprint density at radius 3 is 2.46 bits per heavy atom. The minimum Gasteiger partial charge on any atom is -0.198 e. The SMILES string of the molecule is CCC(C)c1cc2c3c([n+](C)c(C)cc3c1)-c1c(C)cccc1C2(C)C. The highest BCUT2D eigenvalue weighted by molar-refractivity contribution is 6.01. The molecule has 26 heavy (non-hydrogen) atoms. The number of aromatic nitrogens is 1. The van der Waals surface area contributed by atoms with E-state index < -0.39 is 0 Å². The fourth-order valence-electron chi connectivity index (χ4n) is 4.69. The number of nitrogens with zero attached hydrogens (tertiary/aromatic N) is 1. The van der Waals surface area contributed by atoms with Gasteiger partial charge in [0.2, 0.25) is 5.69 Å². The lowest BCUT2D eigenvalue weighted by Gasteiger charge is -2.35. The van der Waals surface area contributed by atoms with Gasteiger partial charge in [0.05, 0.1) is 10.9 Å². The summed E-state index contributed by atoms with van der Waals surface area (Å²) in [4.78, 5) is 0. The minimum atomic E-state index is 0.0122. The second-order valence-corrected chi connectivity index (χ2v) is 8.66. The summed E-state index contributed by atoms with van der Waals surface area (Å²) in [6.45, 7) is 13.9. The maximum Gasteiger partial charge on any atom is 0.221 e. The summed E-state index contributed by atoms with van der Waals surface area (Å²) >= 11 is 0. The molecule has 0 bridgehead atoms. The molecule has 0 radical (unpaired) electrons. The highest BCUT2D eigenvalue weighted by atomic mass is 14.9. The third-order valence-electron chi connectivity index (χ3n) is 6.69. The molecular weight excluding hydrogens is 314 g/mol. The zero-order valence-corrected chi connectivity index (χ0v) is 17.2. The van der Waals surface area contributed by atoms with Crippen LogP contribution in [-0.2, 0) is 12.5 Å². The van der Waals surface area contributed by atoms with Crippen molar-refractivity contribution in [1.29, 1.82) is 0 Å². The number of hydrogen-bond donors (Lipinski definition) is 0. The van der Waals surface area contributed by atoms with Crippen molar-refractivity contribution < 1.29 is 4.57 Å². The lowest BCUT2D eigenvalue weighted by molar-refractivity contribution is -0.665. The molecule has 1 heteroatoms. The zero-order valence-electron chi connectivity index (χ0n) is 17.2. The molecule has 1 aromatic heterocycles. The van der Waals surface area contributed by atoms with Crippen LogP contribution in [0.2, 0.25) is 0 Å². The Kier molecular flexibility index (Phi) is 3.77. The van der Waals surface area contributed by atoms with Crippen molar-refractivity contribution in [2.45, 2.75) is 59.3 Å². The molecule has 0 amide bonds. The molecule has 1 unspecified atom stereocenters.